The van der Waals surface area contributed by atoms with Crippen LogP contribution in [-0.4, -0.2) is 0 Å². The van der Waals surface area contributed by atoms with Crippen molar-refractivity contribution in [2.45, 2.75) is 0 Å². The molecule has 0 saturated heterocycles. The molecule has 2 heteroatoms. The zero-order valence-electron chi connectivity index (χ0n) is 5.27. The van der Waals surface area contributed by atoms with Crippen molar-refractivity contribution in [3.05, 3.63) is 40.9 Å². The molecule has 0 aliphatic rings. The standard InChI is InChI=1S/C8H6Br2/c1-6(9)7-4-2-3-5-8(7)10/h2-5H,1H2. The first-order chi connectivity index (χ1) is 4.72. The normalized spacial score (nSPS) is 9.40. The van der Waals surface area contributed by atoms with Crippen LogP contribution in [0.5, 0.6) is 0 Å². The Morgan fingerprint density at radius 3 is 2.30 bits per heavy atom. The van der Waals surface area contributed by atoms with Crippen LogP contribution in [0.15, 0.2) is 35.3 Å². The van der Waals surface area contributed by atoms with Crippen molar-refractivity contribution in [2.75, 3.05) is 0 Å². The second kappa shape index (κ2) is 3.35. The lowest BCUT2D eigenvalue weighted by Crippen LogP contribution is -1.75. The van der Waals surface area contributed by atoms with E-state index in [0.717, 1.165) is 14.5 Å². The van der Waals surface area contributed by atoms with Gasteiger partial charge in [-0.1, -0.05) is 56.6 Å². The van der Waals surface area contributed by atoms with Crippen molar-refractivity contribution in [1.82, 2.24) is 0 Å². The van der Waals surface area contributed by atoms with E-state index in [1.165, 1.54) is 0 Å². The van der Waals surface area contributed by atoms with E-state index in [9.17, 15) is 0 Å². The molecule has 0 N–H and O–H groups in total. The van der Waals surface area contributed by atoms with E-state index in [1.807, 2.05) is 24.3 Å². The maximum Gasteiger partial charge on any atom is 0.0258 e. The lowest BCUT2D eigenvalue weighted by molar-refractivity contribution is 1.60. The maximum absolute atomic E-state index is 3.77. The first-order valence-electron chi connectivity index (χ1n) is 2.81. The molecule has 0 amide bonds. The molecule has 0 atom stereocenters. The summed E-state index contributed by atoms with van der Waals surface area (Å²) in [7, 11) is 0. The molecule has 0 bridgehead atoms. The second-order valence-electron chi connectivity index (χ2n) is 1.88. The molecule has 0 saturated carbocycles. The summed E-state index contributed by atoms with van der Waals surface area (Å²) in [5.74, 6) is 0. The highest BCUT2D eigenvalue weighted by Gasteiger charge is 1.97. The van der Waals surface area contributed by atoms with E-state index < -0.39 is 0 Å². The van der Waals surface area contributed by atoms with Gasteiger partial charge in [-0.05, 0) is 6.07 Å². The Kier molecular flexibility index (Phi) is 2.69. The topological polar surface area (TPSA) is 0 Å². The fourth-order valence-corrected chi connectivity index (χ4v) is 1.82. The van der Waals surface area contributed by atoms with Crippen molar-refractivity contribution in [3.8, 4) is 0 Å². The summed E-state index contributed by atoms with van der Waals surface area (Å²) in [5, 5.41) is 0. The molecule has 1 aromatic rings. The molecule has 0 radical (unpaired) electrons. The Hall–Kier alpha value is -0.0800. The van der Waals surface area contributed by atoms with Gasteiger partial charge in [0.25, 0.3) is 0 Å². The SMILES string of the molecule is C=C(Br)c1ccccc1Br. The van der Waals surface area contributed by atoms with Crippen LogP contribution in [0, 0.1) is 0 Å². The van der Waals surface area contributed by atoms with E-state index >= 15 is 0 Å². The number of hydrogen-bond acceptors (Lipinski definition) is 0. The highest BCUT2D eigenvalue weighted by Crippen LogP contribution is 2.26. The smallest absolute Gasteiger partial charge is 0.0258 e. The first kappa shape index (κ1) is 8.02. The van der Waals surface area contributed by atoms with Crippen molar-refractivity contribution in [3.63, 3.8) is 0 Å². The quantitative estimate of drug-likeness (QED) is 0.721. The Morgan fingerprint density at radius 1 is 1.30 bits per heavy atom. The minimum atomic E-state index is 0.903. The van der Waals surface area contributed by atoms with E-state index in [-0.39, 0.29) is 0 Å². The summed E-state index contributed by atoms with van der Waals surface area (Å²) < 4.78 is 1.97. The van der Waals surface area contributed by atoms with Gasteiger partial charge in [0.1, 0.15) is 0 Å². The van der Waals surface area contributed by atoms with E-state index in [0.29, 0.717) is 0 Å². The minimum Gasteiger partial charge on any atom is -0.0841 e. The molecule has 10 heavy (non-hydrogen) atoms. The molecule has 0 nitrogen and oxygen atoms in total. The third-order valence-corrected chi connectivity index (χ3v) is 2.28. The highest BCUT2D eigenvalue weighted by molar-refractivity contribution is 9.15. The second-order valence-corrected chi connectivity index (χ2v) is 3.70. The van der Waals surface area contributed by atoms with Gasteiger partial charge in [0.2, 0.25) is 0 Å². The number of rotatable bonds is 1. The van der Waals surface area contributed by atoms with Crippen molar-refractivity contribution in [2.24, 2.45) is 0 Å². The average Bonchev–Trinajstić information content (AvgIpc) is 1.88. The zero-order valence-corrected chi connectivity index (χ0v) is 8.44. The van der Waals surface area contributed by atoms with Crippen LogP contribution < -0.4 is 0 Å². The molecular weight excluding hydrogens is 256 g/mol. The fraction of sp³-hybridized carbons (Fsp3) is 0. The predicted octanol–water partition coefficient (Wildman–Crippen LogP) is 3.81. The Balaban J connectivity index is 3.15. The summed E-state index contributed by atoms with van der Waals surface area (Å²) >= 11 is 6.71. The fourth-order valence-electron chi connectivity index (χ4n) is 0.681. The van der Waals surface area contributed by atoms with Gasteiger partial charge in [0.15, 0.2) is 0 Å². The van der Waals surface area contributed by atoms with E-state index in [4.69, 9.17) is 0 Å². The molecule has 0 aliphatic heterocycles. The maximum atomic E-state index is 3.77. The Morgan fingerprint density at radius 2 is 1.90 bits per heavy atom. The molecule has 0 aromatic heterocycles. The summed E-state index contributed by atoms with van der Waals surface area (Å²) in [6, 6.07) is 7.94. The third kappa shape index (κ3) is 1.70. The molecule has 1 aromatic carbocycles. The molecule has 0 spiro atoms. The van der Waals surface area contributed by atoms with E-state index in [2.05, 4.69) is 38.4 Å². The summed E-state index contributed by atoms with van der Waals surface area (Å²) in [4.78, 5) is 0. The number of halogens is 2. The van der Waals surface area contributed by atoms with Gasteiger partial charge in [0, 0.05) is 14.5 Å². The highest BCUT2D eigenvalue weighted by atomic mass is 79.9. The monoisotopic (exact) mass is 260 g/mol. The van der Waals surface area contributed by atoms with Crippen LogP contribution in [-0.2, 0) is 0 Å². The van der Waals surface area contributed by atoms with Gasteiger partial charge in [-0.3, -0.25) is 0 Å². The number of hydrogen-bond donors (Lipinski definition) is 0. The Bertz CT molecular complexity index is 253. The van der Waals surface area contributed by atoms with Gasteiger partial charge in [0.05, 0.1) is 0 Å². The van der Waals surface area contributed by atoms with Crippen LogP contribution in [0.4, 0.5) is 0 Å². The molecular formula is C8H6Br2. The van der Waals surface area contributed by atoms with Gasteiger partial charge in [-0.2, -0.15) is 0 Å². The van der Waals surface area contributed by atoms with Crippen molar-refractivity contribution in [1.29, 1.82) is 0 Å². The van der Waals surface area contributed by atoms with Crippen molar-refractivity contribution >= 4 is 36.3 Å². The summed E-state index contributed by atoms with van der Waals surface area (Å²) in [6.45, 7) is 3.77. The van der Waals surface area contributed by atoms with Crippen molar-refractivity contribution < 1.29 is 0 Å². The first-order valence-corrected chi connectivity index (χ1v) is 4.39. The van der Waals surface area contributed by atoms with Crippen LogP contribution in [0.2, 0.25) is 0 Å². The van der Waals surface area contributed by atoms with E-state index in [1.54, 1.807) is 0 Å². The average molecular weight is 262 g/mol. The predicted molar refractivity (Wildman–Crippen MR) is 52.1 cm³/mol. The number of benzene rings is 1. The van der Waals surface area contributed by atoms with Crippen LogP contribution in [0.25, 0.3) is 4.48 Å². The molecule has 0 aliphatic carbocycles. The molecule has 0 fully saturated rings. The largest absolute Gasteiger partial charge is 0.0841 e. The molecule has 0 heterocycles. The van der Waals surface area contributed by atoms with Gasteiger partial charge in [-0.15, -0.1) is 0 Å². The zero-order chi connectivity index (χ0) is 7.56. The van der Waals surface area contributed by atoms with Crippen LogP contribution in [0.1, 0.15) is 5.56 Å². The molecule has 52 valence electrons. The van der Waals surface area contributed by atoms with Gasteiger partial charge in [-0.25, -0.2) is 0 Å². The van der Waals surface area contributed by atoms with Gasteiger partial charge >= 0.3 is 0 Å². The Labute approximate surface area is 77.2 Å². The molecule has 1 rings (SSSR count). The summed E-state index contributed by atoms with van der Waals surface area (Å²) in [6.07, 6.45) is 0. The minimum absolute atomic E-state index is 0.903. The summed E-state index contributed by atoms with van der Waals surface area (Å²) in [5.41, 5.74) is 1.10. The molecule has 0 unspecified atom stereocenters. The lowest BCUT2D eigenvalue weighted by Gasteiger charge is -1.98. The lowest BCUT2D eigenvalue weighted by atomic mass is 10.2. The van der Waals surface area contributed by atoms with Crippen LogP contribution in [0.3, 0.4) is 0 Å². The van der Waals surface area contributed by atoms with Crippen LogP contribution >= 0.6 is 31.9 Å². The van der Waals surface area contributed by atoms with Gasteiger partial charge < -0.3 is 0 Å². The third-order valence-electron chi connectivity index (χ3n) is 1.17.